The molecule has 1 aromatic rings. The first kappa shape index (κ1) is 18.2. The van der Waals surface area contributed by atoms with Crippen LogP contribution in [-0.2, 0) is 16.8 Å². The molecule has 0 aromatic carbocycles. The van der Waals surface area contributed by atoms with Gasteiger partial charge in [0.15, 0.2) is 5.82 Å². The number of amides is 1. The van der Waals surface area contributed by atoms with E-state index in [0.29, 0.717) is 17.8 Å². The van der Waals surface area contributed by atoms with E-state index in [9.17, 15) is 4.79 Å². The van der Waals surface area contributed by atoms with Crippen LogP contribution >= 0.6 is 12.4 Å². The Morgan fingerprint density at radius 2 is 2.09 bits per heavy atom. The zero-order chi connectivity index (χ0) is 15.4. The second kappa shape index (κ2) is 8.11. The molecule has 1 saturated carbocycles. The molecular weight excluding hydrogens is 316 g/mol. The van der Waals surface area contributed by atoms with E-state index in [4.69, 9.17) is 4.52 Å². The van der Waals surface area contributed by atoms with Crippen LogP contribution in [0.5, 0.6) is 0 Å². The monoisotopic (exact) mass is 342 g/mol. The molecule has 1 aromatic heterocycles. The van der Waals surface area contributed by atoms with Gasteiger partial charge in [0, 0.05) is 6.04 Å². The molecule has 0 spiro atoms. The van der Waals surface area contributed by atoms with Crippen LogP contribution in [0.1, 0.15) is 70.0 Å². The molecule has 3 rings (SSSR count). The number of rotatable bonds is 4. The summed E-state index contributed by atoms with van der Waals surface area (Å²) in [5.41, 5.74) is -0.247. The molecule has 0 radical (unpaired) electrons. The van der Waals surface area contributed by atoms with Gasteiger partial charge in [-0.25, -0.2) is 0 Å². The lowest BCUT2D eigenvalue weighted by Gasteiger charge is -2.31. The highest BCUT2D eigenvalue weighted by molar-refractivity contribution is 5.85. The van der Waals surface area contributed by atoms with Crippen LogP contribution in [0.3, 0.4) is 0 Å². The van der Waals surface area contributed by atoms with E-state index in [1.165, 1.54) is 25.7 Å². The fourth-order valence-corrected chi connectivity index (χ4v) is 3.46. The molecule has 1 aliphatic carbocycles. The van der Waals surface area contributed by atoms with Gasteiger partial charge in [-0.15, -0.1) is 12.4 Å². The van der Waals surface area contributed by atoms with Crippen molar-refractivity contribution in [1.82, 2.24) is 20.8 Å². The van der Waals surface area contributed by atoms with Crippen LogP contribution < -0.4 is 10.6 Å². The Morgan fingerprint density at radius 3 is 2.78 bits per heavy atom. The van der Waals surface area contributed by atoms with Crippen LogP contribution in [0.2, 0.25) is 0 Å². The minimum absolute atomic E-state index is 0. The molecule has 1 saturated heterocycles. The van der Waals surface area contributed by atoms with Gasteiger partial charge in [-0.3, -0.25) is 4.79 Å². The number of nitrogens with one attached hydrogen (secondary N) is 2. The van der Waals surface area contributed by atoms with E-state index in [1.807, 2.05) is 0 Å². The van der Waals surface area contributed by atoms with Gasteiger partial charge < -0.3 is 15.2 Å². The topological polar surface area (TPSA) is 80.1 Å². The van der Waals surface area contributed by atoms with Gasteiger partial charge in [-0.05, 0) is 45.6 Å². The van der Waals surface area contributed by atoms with E-state index in [-0.39, 0.29) is 30.3 Å². The van der Waals surface area contributed by atoms with E-state index < -0.39 is 0 Å². The smallest absolute Gasteiger partial charge is 0.246 e. The minimum atomic E-state index is -0.247. The number of halogens is 1. The maximum Gasteiger partial charge on any atom is 0.246 e. The molecule has 6 nitrogen and oxygen atoms in total. The number of aromatic nitrogens is 2. The quantitative estimate of drug-likeness (QED) is 0.878. The standard InChI is InChI=1S/C16H26N4O2.ClH/c1-16(9-5-6-10-17-16)15-19-13(20-22-15)11-14(21)18-12-7-3-2-4-8-12;/h12,17H,2-11H2,1H3,(H,18,21);1H. The second-order valence-electron chi connectivity index (χ2n) is 6.81. The molecule has 0 bridgehead atoms. The molecule has 1 unspecified atom stereocenters. The predicted molar refractivity (Wildman–Crippen MR) is 89.5 cm³/mol. The largest absolute Gasteiger partial charge is 0.353 e. The summed E-state index contributed by atoms with van der Waals surface area (Å²) in [6.45, 7) is 3.06. The lowest BCUT2D eigenvalue weighted by atomic mass is 9.91. The molecule has 2 N–H and O–H groups in total. The molecule has 1 amide bonds. The molecule has 1 atom stereocenters. The zero-order valence-corrected chi connectivity index (χ0v) is 14.6. The van der Waals surface area contributed by atoms with Crippen molar-refractivity contribution in [3.05, 3.63) is 11.7 Å². The van der Waals surface area contributed by atoms with Crippen LogP contribution in [0.25, 0.3) is 0 Å². The van der Waals surface area contributed by atoms with Gasteiger partial charge in [0.2, 0.25) is 11.8 Å². The first-order valence-corrected chi connectivity index (χ1v) is 8.53. The van der Waals surface area contributed by atoms with Gasteiger partial charge in [0.25, 0.3) is 0 Å². The summed E-state index contributed by atoms with van der Waals surface area (Å²) in [6, 6.07) is 0.324. The van der Waals surface area contributed by atoms with Crippen molar-refractivity contribution >= 4 is 18.3 Å². The Hall–Kier alpha value is -1.14. The zero-order valence-electron chi connectivity index (χ0n) is 13.8. The van der Waals surface area contributed by atoms with Crippen molar-refractivity contribution in [3.8, 4) is 0 Å². The molecule has 130 valence electrons. The van der Waals surface area contributed by atoms with E-state index in [2.05, 4.69) is 27.7 Å². The highest BCUT2D eigenvalue weighted by atomic mass is 35.5. The second-order valence-corrected chi connectivity index (χ2v) is 6.81. The van der Waals surface area contributed by atoms with Crippen LogP contribution in [0, 0.1) is 0 Å². The SMILES string of the molecule is CC1(c2nc(CC(=O)NC3CCCCC3)no2)CCCCN1.Cl. The van der Waals surface area contributed by atoms with Gasteiger partial charge in [-0.1, -0.05) is 24.4 Å². The Morgan fingerprint density at radius 1 is 1.30 bits per heavy atom. The lowest BCUT2D eigenvalue weighted by molar-refractivity contribution is -0.121. The van der Waals surface area contributed by atoms with Crippen molar-refractivity contribution < 1.29 is 9.32 Å². The van der Waals surface area contributed by atoms with E-state index in [0.717, 1.165) is 32.2 Å². The summed E-state index contributed by atoms with van der Waals surface area (Å²) < 4.78 is 5.39. The van der Waals surface area contributed by atoms with Gasteiger partial charge in [0.1, 0.15) is 0 Å². The van der Waals surface area contributed by atoms with Gasteiger partial charge >= 0.3 is 0 Å². The van der Waals surface area contributed by atoms with Crippen LogP contribution in [0.4, 0.5) is 0 Å². The Bertz CT molecular complexity index is 508. The van der Waals surface area contributed by atoms with Gasteiger partial charge in [-0.2, -0.15) is 4.98 Å². The predicted octanol–water partition coefficient (Wildman–Crippen LogP) is 2.47. The number of nitrogens with zero attached hydrogens (tertiary/aromatic N) is 2. The fourth-order valence-electron chi connectivity index (χ4n) is 3.46. The highest BCUT2D eigenvalue weighted by Gasteiger charge is 2.34. The summed E-state index contributed by atoms with van der Waals surface area (Å²) in [7, 11) is 0. The first-order valence-electron chi connectivity index (χ1n) is 8.53. The third-order valence-corrected chi connectivity index (χ3v) is 4.85. The number of piperidine rings is 1. The average molecular weight is 343 g/mol. The van der Waals surface area contributed by atoms with Crippen molar-refractivity contribution in [2.45, 2.75) is 76.3 Å². The molecule has 1 aliphatic heterocycles. The maximum atomic E-state index is 12.1. The normalized spacial score (nSPS) is 25.6. The fraction of sp³-hybridized carbons (Fsp3) is 0.812. The average Bonchev–Trinajstić information content (AvgIpc) is 2.98. The number of hydrogen-bond acceptors (Lipinski definition) is 5. The van der Waals surface area contributed by atoms with Crippen molar-refractivity contribution in [3.63, 3.8) is 0 Å². The Kier molecular flexibility index (Phi) is 6.41. The van der Waals surface area contributed by atoms with Crippen molar-refractivity contribution in [1.29, 1.82) is 0 Å². The third-order valence-electron chi connectivity index (χ3n) is 4.85. The summed E-state index contributed by atoms with van der Waals surface area (Å²) in [4.78, 5) is 16.5. The highest BCUT2D eigenvalue weighted by Crippen LogP contribution is 2.28. The van der Waals surface area contributed by atoms with Crippen LogP contribution in [-0.4, -0.2) is 28.6 Å². The lowest BCUT2D eigenvalue weighted by Crippen LogP contribution is -2.43. The number of carbonyl (C=O) groups excluding carboxylic acids is 1. The maximum absolute atomic E-state index is 12.1. The summed E-state index contributed by atoms with van der Waals surface area (Å²) >= 11 is 0. The summed E-state index contributed by atoms with van der Waals surface area (Å²) in [6.07, 6.45) is 9.41. The summed E-state index contributed by atoms with van der Waals surface area (Å²) in [5.74, 6) is 1.09. The van der Waals surface area contributed by atoms with Crippen molar-refractivity contribution in [2.24, 2.45) is 0 Å². The number of carbonyl (C=O) groups is 1. The molecule has 2 heterocycles. The van der Waals surface area contributed by atoms with Crippen LogP contribution in [0.15, 0.2) is 4.52 Å². The number of hydrogen-bond donors (Lipinski definition) is 2. The van der Waals surface area contributed by atoms with E-state index >= 15 is 0 Å². The molecular formula is C16H27ClN4O2. The Labute approximate surface area is 143 Å². The van der Waals surface area contributed by atoms with Gasteiger partial charge in [0.05, 0.1) is 12.0 Å². The Balaban J connectivity index is 0.00000192. The molecule has 23 heavy (non-hydrogen) atoms. The molecule has 7 heteroatoms. The summed E-state index contributed by atoms with van der Waals surface area (Å²) in [5, 5.41) is 10.5. The first-order chi connectivity index (χ1) is 10.7. The molecule has 2 aliphatic rings. The van der Waals surface area contributed by atoms with Crippen molar-refractivity contribution in [2.75, 3.05) is 6.54 Å². The minimum Gasteiger partial charge on any atom is -0.353 e. The third kappa shape index (κ3) is 4.67. The van der Waals surface area contributed by atoms with E-state index in [1.54, 1.807) is 0 Å². The molecule has 2 fully saturated rings.